The predicted octanol–water partition coefficient (Wildman–Crippen LogP) is 1.15. The van der Waals surface area contributed by atoms with E-state index < -0.39 is 10.9 Å². The number of non-ortho nitro benzene ring substituents is 1. The second-order valence-electron chi connectivity index (χ2n) is 2.24. The molecule has 0 atom stereocenters. The van der Waals surface area contributed by atoms with Crippen LogP contribution in [0.15, 0.2) is 29.3 Å². The van der Waals surface area contributed by atoms with Crippen LogP contribution < -0.4 is 11.5 Å². The van der Waals surface area contributed by atoms with Gasteiger partial charge < -0.3 is 0 Å². The minimum atomic E-state index is -0.625. The van der Waals surface area contributed by atoms with Gasteiger partial charge in [0.2, 0.25) is 5.96 Å². The van der Waals surface area contributed by atoms with E-state index in [1.54, 1.807) is 0 Å². The topological polar surface area (TPSA) is 103 Å². The number of rotatable bonds is 2. The zero-order valence-corrected chi connectivity index (χ0v) is 6.52. The first-order valence-corrected chi connectivity index (χ1v) is 3.36. The van der Waals surface area contributed by atoms with Crippen LogP contribution in [0.4, 0.5) is 11.4 Å². The number of guanidine groups is 1. The fourth-order valence-corrected chi connectivity index (χ4v) is 0.805. The Morgan fingerprint density at radius 3 is 2.69 bits per heavy atom. The lowest BCUT2D eigenvalue weighted by molar-refractivity contribution is -0.384. The average Bonchev–Trinajstić information content (AvgIpc) is 2.03. The van der Waals surface area contributed by atoms with Crippen LogP contribution in [0.25, 0.3) is 0 Å². The van der Waals surface area contributed by atoms with Gasteiger partial charge in [-0.15, -0.1) is 0 Å². The van der Waals surface area contributed by atoms with Crippen molar-refractivity contribution in [3.05, 3.63) is 34.4 Å². The molecule has 2 N–H and O–H groups in total. The normalized spacial score (nSPS) is 9.23. The molecule has 1 aromatic rings. The smallest absolute Gasteiger partial charge is 0.266 e. The van der Waals surface area contributed by atoms with Crippen molar-refractivity contribution in [2.75, 3.05) is 0 Å². The van der Waals surface area contributed by atoms with E-state index in [0.29, 0.717) is 0 Å². The molecule has 0 heterocycles. The van der Waals surface area contributed by atoms with Crippen LogP contribution in [-0.2, 0) is 0 Å². The van der Waals surface area contributed by atoms with Crippen molar-refractivity contribution in [3.8, 4) is 0 Å². The number of nitro benzene ring substituents is 1. The third-order valence-electron chi connectivity index (χ3n) is 1.28. The van der Waals surface area contributed by atoms with E-state index in [2.05, 4.69) is 4.99 Å². The molecule has 13 heavy (non-hydrogen) atoms. The first kappa shape index (κ1) is 8.98. The molecule has 0 bridgehead atoms. The molecule has 1 rings (SSSR count). The number of benzene rings is 1. The standard InChI is InChI=1S/C7H6N4O2/c8-7(9)10-5-2-1-3-6(4-5)11(12)13/h1-4,8-9H. The summed E-state index contributed by atoms with van der Waals surface area (Å²) >= 11 is 0. The van der Waals surface area contributed by atoms with E-state index in [9.17, 15) is 10.1 Å². The highest BCUT2D eigenvalue weighted by molar-refractivity contribution is 5.77. The molecule has 0 unspecified atom stereocenters. The second-order valence-corrected chi connectivity index (χ2v) is 2.24. The van der Waals surface area contributed by atoms with Gasteiger partial charge in [0.25, 0.3) is 5.69 Å². The Morgan fingerprint density at radius 2 is 2.15 bits per heavy atom. The lowest BCUT2D eigenvalue weighted by Gasteiger charge is -1.93. The van der Waals surface area contributed by atoms with E-state index in [4.69, 9.17) is 11.5 Å². The SMILES string of the molecule is [NH]C([NH])=Nc1cccc([N+](=O)[O-])c1. The van der Waals surface area contributed by atoms with Crippen molar-refractivity contribution in [3.63, 3.8) is 0 Å². The molecule has 0 aliphatic rings. The van der Waals surface area contributed by atoms with Gasteiger partial charge in [0.05, 0.1) is 10.6 Å². The summed E-state index contributed by atoms with van der Waals surface area (Å²) in [4.78, 5) is 13.2. The van der Waals surface area contributed by atoms with Crippen molar-refractivity contribution < 1.29 is 4.92 Å². The summed E-state index contributed by atoms with van der Waals surface area (Å²) in [7, 11) is 0. The number of nitrogens with one attached hydrogen (secondary N) is 2. The summed E-state index contributed by atoms with van der Waals surface area (Å²) in [6.45, 7) is 0. The largest absolute Gasteiger partial charge is 0.271 e. The molecule has 66 valence electrons. The molecule has 0 saturated carbocycles. The van der Waals surface area contributed by atoms with E-state index in [1.807, 2.05) is 0 Å². The van der Waals surface area contributed by atoms with Gasteiger partial charge in [0, 0.05) is 12.1 Å². The molecule has 0 aromatic heterocycles. The molecule has 0 amide bonds. The highest BCUT2D eigenvalue weighted by Crippen LogP contribution is 2.19. The third-order valence-corrected chi connectivity index (χ3v) is 1.28. The van der Waals surface area contributed by atoms with Gasteiger partial charge in [-0.2, -0.15) is 0 Å². The molecule has 0 saturated heterocycles. The zero-order valence-electron chi connectivity index (χ0n) is 6.52. The van der Waals surface area contributed by atoms with Crippen LogP contribution in [0, 0.1) is 10.1 Å². The van der Waals surface area contributed by atoms with Gasteiger partial charge in [-0.1, -0.05) is 6.07 Å². The van der Waals surface area contributed by atoms with Crippen LogP contribution in [0.5, 0.6) is 0 Å². The van der Waals surface area contributed by atoms with E-state index in [0.717, 1.165) is 0 Å². The Labute approximate surface area is 74.0 Å². The van der Waals surface area contributed by atoms with E-state index in [1.165, 1.54) is 24.3 Å². The van der Waals surface area contributed by atoms with Gasteiger partial charge in [0.15, 0.2) is 0 Å². The molecular weight excluding hydrogens is 172 g/mol. The van der Waals surface area contributed by atoms with Crippen molar-refractivity contribution in [1.82, 2.24) is 11.5 Å². The lowest BCUT2D eigenvalue weighted by Crippen LogP contribution is -1.96. The molecule has 6 nitrogen and oxygen atoms in total. The van der Waals surface area contributed by atoms with Gasteiger partial charge in [-0.25, -0.2) is 4.99 Å². The Hall–Kier alpha value is -2.11. The van der Waals surface area contributed by atoms with Crippen molar-refractivity contribution >= 4 is 17.3 Å². The summed E-state index contributed by atoms with van der Waals surface area (Å²) in [5, 5.41) is 10.3. The lowest BCUT2D eigenvalue weighted by atomic mass is 10.3. The van der Waals surface area contributed by atoms with Gasteiger partial charge >= 0.3 is 0 Å². The van der Waals surface area contributed by atoms with Gasteiger partial charge in [-0.05, 0) is 6.07 Å². The number of hydrogen-bond donors (Lipinski definition) is 0. The summed E-state index contributed by atoms with van der Waals surface area (Å²) in [5.41, 5.74) is 13.6. The summed E-state index contributed by atoms with van der Waals surface area (Å²) < 4.78 is 0. The van der Waals surface area contributed by atoms with Gasteiger partial charge in [-0.3, -0.25) is 21.6 Å². The maximum Gasteiger partial charge on any atom is 0.271 e. The summed E-state index contributed by atoms with van der Waals surface area (Å²) in [6, 6.07) is 5.49. The predicted molar refractivity (Wildman–Crippen MR) is 46.4 cm³/mol. The maximum atomic E-state index is 10.3. The van der Waals surface area contributed by atoms with E-state index in [-0.39, 0.29) is 11.4 Å². The van der Waals surface area contributed by atoms with Crippen LogP contribution in [0.3, 0.4) is 0 Å². The van der Waals surface area contributed by atoms with Crippen LogP contribution >= 0.6 is 0 Å². The van der Waals surface area contributed by atoms with Crippen molar-refractivity contribution in [1.29, 1.82) is 0 Å². The fraction of sp³-hybridized carbons (Fsp3) is 0. The number of nitro groups is 1. The van der Waals surface area contributed by atoms with Gasteiger partial charge in [0.1, 0.15) is 0 Å². The molecule has 0 spiro atoms. The van der Waals surface area contributed by atoms with Crippen LogP contribution in [0.1, 0.15) is 0 Å². The first-order valence-electron chi connectivity index (χ1n) is 3.36. The highest BCUT2D eigenvalue weighted by atomic mass is 16.6. The van der Waals surface area contributed by atoms with E-state index >= 15 is 0 Å². The zero-order chi connectivity index (χ0) is 9.84. The highest BCUT2D eigenvalue weighted by Gasteiger charge is 2.04. The Balaban J connectivity index is 3.06. The van der Waals surface area contributed by atoms with Crippen molar-refractivity contribution in [2.45, 2.75) is 0 Å². The third kappa shape index (κ3) is 2.44. The Bertz CT molecular complexity index is 357. The monoisotopic (exact) mass is 178 g/mol. The molecule has 0 aliphatic heterocycles. The molecule has 0 fully saturated rings. The van der Waals surface area contributed by atoms with Crippen molar-refractivity contribution in [2.24, 2.45) is 4.99 Å². The Morgan fingerprint density at radius 1 is 1.46 bits per heavy atom. The fourth-order valence-electron chi connectivity index (χ4n) is 0.805. The summed E-state index contributed by atoms with van der Waals surface area (Å²) in [5.74, 6) is -0.625. The molecular formula is C7H6N4O2. The molecule has 1 aromatic carbocycles. The molecule has 2 radical (unpaired) electrons. The maximum absolute atomic E-state index is 10.3. The van der Waals surface area contributed by atoms with Crippen LogP contribution in [0.2, 0.25) is 0 Å². The number of hydrogen-bond acceptors (Lipinski definition) is 3. The molecule has 0 aliphatic carbocycles. The minimum Gasteiger partial charge on any atom is -0.266 e. The Kier molecular flexibility index (Phi) is 2.44. The quantitative estimate of drug-likeness (QED) is 0.293. The second kappa shape index (κ2) is 3.53. The average molecular weight is 178 g/mol. The minimum absolute atomic E-state index is 0.0949. The molecule has 6 heteroatoms. The first-order chi connectivity index (χ1) is 6.09. The van der Waals surface area contributed by atoms with Crippen LogP contribution in [-0.4, -0.2) is 10.9 Å². The number of nitrogens with zero attached hydrogens (tertiary/aromatic N) is 2. The number of aliphatic imine (C=N–C) groups is 1. The summed E-state index contributed by atoms with van der Waals surface area (Å²) in [6.07, 6.45) is 0.